The minimum absolute atomic E-state index is 0.291. The summed E-state index contributed by atoms with van der Waals surface area (Å²) in [6, 6.07) is 17.9. The molecule has 32 heavy (non-hydrogen) atoms. The van der Waals surface area contributed by atoms with Crippen LogP contribution in [0.1, 0.15) is 5.56 Å². The van der Waals surface area contributed by atoms with Gasteiger partial charge >= 0.3 is 0 Å². The summed E-state index contributed by atoms with van der Waals surface area (Å²) < 4.78 is 27.1. The van der Waals surface area contributed by atoms with E-state index >= 15 is 0 Å². The average Bonchev–Trinajstić information content (AvgIpc) is 2.83. The molecule has 1 amide bonds. The Hall–Kier alpha value is -4.13. The maximum absolute atomic E-state index is 12.4. The van der Waals surface area contributed by atoms with Crippen molar-refractivity contribution in [3.05, 3.63) is 72.3 Å². The minimum Gasteiger partial charge on any atom is -0.496 e. The van der Waals surface area contributed by atoms with E-state index in [1.165, 1.54) is 6.08 Å². The predicted molar refractivity (Wildman–Crippen MR) is 123 cm³/mol. The van der Waals surface area contributed by atoms with Gasteiger partial charge in [-0.2, -0.15) is 0 Å². The molecule has 0 aliphatic carbocycles. The number of hydrogen-bond donors (Lipinski definition) is 1. The normalized spacial score (nSPS) is 10.5. The Morgan fingerprint density at radius 1 is 0.719 bits per heavy atom. The summed E-state index contributed by atoms with van der Waals surface area (Å²) in [5.74, 6) is 3.22. The van der Waals surface area contributed by atoms with Crippen molar-refractivity contribution in [3.63, 3.8) is 0 Å². The Morgan fingerprint density at radius 3 is 1.94 bits per heavy atom. The third-order valence-corrected chi connectivity index (χ3v) is 4.57. The fraction of sp³-hybridized carbons (Fsp3) is 0.160. The van der Waals surface area contributed by atoms with E-state index in [9.17, 15) is 4.79 Å². The highest BCUT2D eigenvalue weighted by Gasteiger charge is 2.10. The van der Waals surface area contributed by atoms with Crippen LogP contribution in [-0.2, 0) is 4.79 Å². The van der Waals surface area contributed by atoms with Gasteiger partial charge in [-0.1, -0.05) is 12.1 Å². The zero-order valence-corrected chi connectivity index (χ0v) is 18.4. The van der Waals surface area contributed by atoms with Crippen molar-refractivity contribution in [3.8, 4) is 34.5 Å². The second-order valence-corrected chi connectivity index (χ2v) is 6.55. The quantitative estimate of drug-likeness (QED) is 0.468. The van der Waals surface area contributed by atoms with E-state index < -0.39 is 0 Å². The van der Waals surface area contributed by atoms with Gasteiger partial charge in [0, 0.05) is 23.4 Å². The number of amides is 1. The van der Waals surface area contributed by atoms with Crippen molar-refractivity contribution in [1.29, 1.82) is 0 Å². The van der Waals surface area contributed by atoms with Crippen LogP contribution in [0.25, 0.3) is 6.08 Å². The van der Waals surface area contributed by atoms with Crippen LogP contribution in [0, 0.1) is 0 Å². The van der Waals surface area contributed by atoms with E-state index in [0.717, 1.165) is 0 Å². The van der Waals surface area contributed by atoms with Gasteiger partial charge in [0.2, 0.25) is 5.91 Å². The summed E-state index contributed by atoms with van der Waals surface area (Å²) >= 11 is 0. The molecule has 3 rings (SSSR count). The summed E-state index contributed by atoms with van der Waals surface area (Å²) in [7, 11) is 6.23. The number of nitrogens with one attached hydrogen (secondary N) is 1. The molecule has 0 saturated heterocycles. The summed E-state index contributed by atoms with van der Waals surface area (Å²) in [6.07, 6.45) is 3.07. The van der Waals surface area contributed by atoms with Gasteiger partial charge in [-0.15, -0.1) is 0 Å². The molecule has 0 fully saturated rings. The maximum Gasteiger partial charge on any atom is 0.248 e. The van der Waals surface area contributed by atoms with Gasteiger partial charge < -0.3 is 29.0 Å². The fourth-order valence-corrected chi connectivity index (χ4v) is 2.97. The van der Waals surface area contributed by atoms with Gasteiger partial charge in [-0.3, -0.25) is 4.79 Å². The van der Waals surface area contributed by atoms with Gasteiger partial charge in [-0.25, -0.2) is 0 Å². The minimum atomic E-state index is -0.291. The number of ether oxygens (including phenoxy) is 5. The average molecular weight is 435 g/mol. The molecular formula is C25H25NO6. The fourth-order valence-electron chi connectivity index (χ4n) is 2.97. The van der Waals surface area contributed by atoms with Gasteiger partial charge in [0.1, 0.15) is 11.5 Å². The van der Waals surface area contributed by atoms with Gasteiger partial charge in [0.05, 0.1) is 28.4 Å². The Bertz CT molecular complexity index is 1090. The highest BCUT2D eigenvalue weighted by atomic mass is 16.5. The standard InChI is InChI=1S/C25H25NO6/c1-28-20-7-5-6-8-21(20)32-19-12-10-18(11-13-19)26-25(27)14-9-17-15-23(30-3)24(31-4)16-22(17)29-2/h5-16H,1-4H3,(H,26,27)/b14-9+. The summed E-state index contributed by atoms with van der Waals surface area (Å²) in [5, 5.41) is 2.81. The van der Waals surface area contributed by atoms with Crippen molar-refractivity contribution >= 4 is 17.7 Å². The Morgan fingerprint density at radius 2 is 1.31 bits per heavy atom. The molecule has 0 aliphatic heterocycles. The third-order valence-electron chi connectivity index (χ3n) is 4.57. The number of hydrogen-bond acceptors (Lipinski definition) is 6. The second-order valence-electron chi connectivity index (χ2n) is 6.55. The molecule has 1 N–H and O–H groups in total. The van der Waals surface area contributed by atoms with Crippen molar-refractivity contribution in [2.75, 3.05) is 33.8 Å². The topological polar surface area (TPSA) is 75.3 Å². The van der Waals surface area contributed by atoms with E-state index in [0.29, 0.717) is 45.7 Å². The molecule has 0 aromatic heterocycles. The maximum atomic E-state index is 12.4. The molecule has 0 atom stereocenters. The predicted octanol–water partition coefficient (Wildman–Crippen LogP) is 5.17. The molecule has 0 heterocycles. The van der Waals surface area contributed by atoms with Crippen LogP contribution in [0.4, 0.5) is 5.69 Å². The molecule has 3 aromatic rings. The van der Waals surface area contributed by atoms with Crippen LogP contribution < -0.4 is 29.0 Å². The van der Waals surface area contributed by atoms with E-state index in [-0.39, 0.29) is 5.91 Å². The van der Waals surface area contributed by atoms with Crippen LogP contribution >= 0.6 is 0 Å². The highest BCUT2D eigenvalue weighted by Crippen LogP contribution is 2.35. The number of rotatable bonds is 9. The number of anilines is 1. The number of carbonyl (C=O) groups excluding carboxylic acids is 1. The Balaban J connectivity index is 1.67. The Labute approximate surface area is 187 Å². The molecule has 3 aromatic carbocycles. The van der Waals surface area contributed by atoms with E-state index in [1.807, 2.05) is 24.3 Å². The lowest BCUT2D eigenvalue weighted by molar-refractivity contribution is -0.111. The summed E-state index contributed by atoms with van der Waals surface area (Å²) in [6.45, 7) is 0. The molecular weight excluding hydrogens is 410 g/mol. The summed E-state index contributed by atoms with van der Waals surface area (Å²) in [5.41, 5.74) is 1.31. The molecule has 166 valence electrons. The molecule has 0 unspecified atom stereocenters. The van der Waals surface area contributed by atoms with Gasteiger partial charge in [0.25, 0.3) is 0 Å². The van der Waals surface area contributed by atoms with Crippen molar-refractivity contribution in [2.45, 2.75) is 0 Å². The Kier molecular flexibility index (Phi) is 7.59. The monoisotopic (exact) mass is 435 g/mol. The summed E-state index contributed by atoms with van der Waals surface area (Å²) in [4.78, 5) is 12.4. The van der Waals surface area contributed by atoms with Crippen molar-refractivity contribution < 1.29 is 28.5 Å². The van der Waals surface area contributed by atoms with E-state index in [4.69, 9.17) is 23.7 Å². The van der Waals surface area contributed by atoms with Gasteiger partial charge in [0.15, 0.2) is 23.0 Å². The first kappa shape index (κ1) is 22.6. The first-order valence-electron chi connectivity index (χ1n) is 9.78. The smallest absolute Gasteiger partial charge is 0.248 e. The number of methoxy groups -OCH3 is 4. The number of carbonyl (C=O) groups is 1. The largest absolute Gasteiger partial charge is 0.496 e. The molecule has 0 radical (unpaired) electrons. The number of para-hydroxylation sites is 2. The second kappa shape index (κ2) is 10.8. The third kappa shape index (κ3) is 5.51. The lowest BCUT2D eigenvalue weighted by Crippen LogP contribution is -2.07. The van der Waals surface area contributed by atoms with Crippen LogP contribution in [0.15, 0.2) is 66.7 Å². The molecule has 0 spiro atoms. The zero-order valence-electron chi connectivity index (χ0n) is 18.4. The van der Waals surface area contributed by atoms with Crippen LogP contribution in [0.5, 0.6) is 34.5 Å². The zero-order chi connectivity index (χ0) is 22.9. The van der Waals surface area contributed by atoms with Crippen LogP contribution in [0.3, 0.4) is 0 Å². The SMILES string of the molecule is COc1cc(OC)c(OC)cc1/C=C/C(=O)Nc1ccc(Oc2ccccc2OC)cc1. The van der Waals surface area contributed by atoms with Crippen LogP contribution in [-0.4, -0.2) is 34.3 Å². The molecule has 0 bridgehead atoms. The van der Waals surface area contributed by atoms with Crippen molar-refractivity contribution in [1.82, 2.24) is 0 Å². The molecule has 0 aliphatic rings. The highest BCUT2D eigenvalue weighted by molar-refractivity contribution is 6.02. The number of benzene rings is 3. The lowest BCUT2D eigenvalue weighted by Gasteiger charge is -2.12. The van der Waals surface area contributed by atoms with E-state index in [2.05, 4.69) is 5.32 Å². The first-order chi connectivity index (χ1) is 15.6. The molecule has 0 saturated carbocycles. The van der Waals surface area contributed by atoms with Crippen LogP contribution in [0.2, 0.25) is 0 Å². The molecule has 7 heteroatoms. The lowest BCUT2D eigenvalue weighted by atomic mass is 10.1. The van der Waals surface area contributed by atoms with Gasteiger partial charge in [-0.05, 0) is 48.5 Å². The molecule has 7 nitrogen and oxygen atoms in total. The van der Waals surface area contributed by atoms with E-state index in [1.54, 1.807) is 70.9 Å². The first-order valence-corrected chi connectivity index (χ1v) is 9.78. The van der Waals surface area contributed by atoms with Crippen molar-refractivity contribution in [2.24, 2.45) is 0 Å².